The van der Waals surface area contributed by atoms with Crippen molar-refractivity contribution in [3.05, 3.63) is 29.5 Å². The van der Waals surface area contributed by atoms with E-state index in [1.54, 1.807) is 6.20 Å². The van der Waals surface area contributed by atoms with Crippen LogP contribution in [0.15, 0.2) is 23.3 Å². The van der Waals surface area contributed by atoms with E-state index in [-0.39, 0.29) is 24.0 Å². The molecule has 0 spiro atoms. The van der Waals surface area contributed by atoms with Gasteiger partial charge in [-0.05, 0) is 64.0 Å². The van der Waals surface area contributed by atoms with Gasteiger partial charge in [0.15, 0.2) is 0 Å². The number of aliphatic imine (C=N–C) groups is 1. The molecule has 6 nitrogen and oxygen atoms in total. The monoisotopic (exact) mass is 408 g/mol. The number of carbonyl (C=O) groups is 1. The van der Waals surface area contributed by atoms with Crippen LogP contribution in [0.3, 0.4) is 0 Å². The number of benzene rings is 1. The Balaban J connectivity index is 1.54. The van der Waals surface area contributed by atoms with Crippen LogP contribution in [0.4, 0.5) is 5.69 Å². The number of nitrogens with zero attached hydrogens (tertiary/aromatic N) is 2. The van der Waals surface area contributed by atoms with Crippen molar-refractivity contribution in [3.8, 4) is 5.75 Å². The fraction of sp³-hybridized carbons (Fsp3) is 0.583. The molecule has 2 aliphatic heterocycles. The number of anilines is 1. The van der Waals surface area contributed by atoms with Crippen LogP contribution in [0, 0.1) is 5.92 Å². The first-order valence-electron chi connectivity index (χ1n) is 11.5. The normalized spacial score (nSPS) is 25.0. The summed E-state index contributed by atoms with van der Waals surface area (Å²) >= 11 is 0. The predicted molar refractivity (Wildman–Crippen MR) is 120 cm³/mol. The minimum absolute atomic E-state index is 0.205. The van der Waals surface area contributed by atoms with Crippen LogP contribution in [0.2, 0.25) is 0 Å². The first-order valence-corrected chi connectivity index (χ1v) is 11.5. The number of amides is 1. The third kappa shape index (κ3) is 3.62. The zero-order chi connectivity index (χ0) is 20.7. The Morgan fingerprint density at radius 2 is 2.03 bits per heavy atom. The van der Waals surface area contributed by atoms with Crippen LogP contribution in [-0.4, -0.2) is 43.4 Å². The molecule has 3 N–H and O–H groups in total. The van der Waals surface area contributed by atoms with Gasteiger partial charge in [-0.2, -0.15) is 0 Å². The summed E-state index contributed by atoms with van der Waals surface area (Å²) in [5.41, 5.74) is 10.1. The molecule has 2 heterocycles. The van der Waals surface area contributed by atoms with Gasteiger partial charge in [0.1, 0.15) is 5.75 Å². The third-order valence-electron chi connectivity index (χ3n) is 6.92. The molecule has 2 saturated carbocycles. The van der Waals surface area contributed by atoms with Crippen molar-refractivity contribution >= 4 is 23.4 Å². The van der Waals surface area contributed by atoms with E-state index in [9.17, 15) is 4.79 Å². The summed E-state index contributed by atoms with van der Waals surface area (Å²) in [6.45, 7) is 3.99. The van der Waals surface area contributed by atoms with Crippen LogP contribution in [0.25, 0.3) is 5.57 Å². The smallest absolute Gasteiger partial charge is 0.230 e. The van der Waals surface area contributed by atoms with E-state index < -0.39 is 0 Å². The number of carbonyl (C=O) groups excluding carboxylic acids is 1. The molecule has 1 saturated heterocycles. The van der Waals surface area contributed by atoms with E-state index in [4.69, 9.17) is 10.5 Å². The Hall–Kier alpha value is -2.34. The Morgan fingerprint density at radius 1 is 1.23 bits per heavy atom. The van der Waals surface area contributed by atoms with Crippen LogP contribution < -0.4 is 20.7 Å². The van der Waals surface area contributed by atoms with E-state index in [1.165, 1.54) is 6.42 Å². The number of rotatable bonds is 6. The quantitative estimate of drug-likeness (QED) is 0.709. The summed E-state index contributed by atoms with van der Waals surface area (Å²) in [7, 11) is 0. The van der Waals surface area contributed by atoms with Gasteiger partial charge in [0, 0.05) is 54.2 Å². The van der Waals surface area contributed by atoms with E-state index in [2.05, 4.69) is 29.4 Å². The van der Waals surface area contributed by atoms with Crippen molar-refractivity contribution < 1.29 is 9.53 Å². The molecule has 2 aliphatic carbocycles. The number of fused-ring (bicyclic) bond motifs is 1. The minimum Gasteiger partial charge on any atom is -0.489 e. The van der Waals surface area contributed by atoms with Gasteiger partial charge in [-0.3, -0.25) is 9.79 Å². The van der Waals surface area contributed by atoms with Gasteiger partial charge in [0.2, 0.25) is 5.91 Å². The van der Waals surface area contributed by atoms with Crippen molar-refractivity contribution in [3.63, 3.8) is 0 Å². The molecule has 1 atom stereocenters. The third-order valence-corrected chi connectivity index (χ3v) is 6.92. The van der Waals surface area contributed by atoms with Gasteiger partial charge >= 0.3 is 0 Å². The number of nitrogens with two attached hydrogens (primary N) is 1. The van der Waals surface area contributed by atoms with Crippen LogP contribution in [-0.2, 0) is 11.2 Å². The van der Waals surface area contributed by atoms with Crippen LogP contribution >= 0.6 is 0 Å². The molecule has 4 aliphatic rings. The summed E-state index contributed by atoms with van der Waals surface area (Å²) in [6, 6.07) is 4.71. The lowest BCUT2D eigenvalue weighted by Gasteiger charge is -2.38. The largest absolute Gasteiger partial charge is 0.489 e. The summed E-state index contributed by atoms with van der Waals surface area (Å²) in [5, 5.41) is 3.24. The second kappa shape index (κ2) is 8.06. The van der Waals surface area contributed by atoms with E-state index in [0.717, 1.165) is 79.8 Å². The number of hydrogen-bond acceptors (Lipinski definition) is 5. The SMILES string of the molecule is C[C@H]1CCc2c(ccc(C(C=NC3CNC3)=CN)c2OC2CCC2)N1C(=O)C1CC1. The molecule has 30 heavy (non-hydrogen) atoms. The topological polar surface area (TPSA) is 80.0 Å². The highest BCUT2D eigenvalue weighted by Crippen LogP contribution is 2.44. The Labute approximate surface area is 178 Å². The summed E-state index contributed by atoms with van der Waals surface area (Å²) in [4.78, 5) is 19.8. The lowest BCUT2D eigenvalue weighted by atomic mass is 9.90. The Morgan fingerprint density at radius 3 is 2.63 bits per heavy atom. The Kier molecular flexibility index (Phi) is 5.27. The van der Waals surface area contributed by atoms with Gasteiger partial charge in [-0.15, -0.1) is 0 Å². The minimum atomic E-state index is 0.205. The molecule has 0 radical (unpaired) electrons. The van der Waals surface area contributed by atoms with Crippen LogP contribution in [0.1, 0.15) is 56.6 Å². The maximum atomic E-state index is 13.1. The molecule has 3 fully saturated rings. The molecule has 160 valence electrons. The highest BCUT2D eigenvalue weighted by molar-refractivity contribution is 6.11. The molecule has 0 aromatic heterocycles. The van der Waals surface area contributed by atoms with Crippen molar-refractivity contribution in [1.82, 2.24) is 5.32 Å². The number of nitrogens with one attached hydrogen (secondary N) is 1. The fourth-order valence-corrected chi connectivity index (χ4v) is 4.45. The molecule has 1 aromatic rings. The first-order chi connectivity index (χ1) is 14.7. The molecule has 0 bridgehead atoms. The van der Waals surface area contributed by atoms with Crippen molar-refractivity contribution in [2.24, 2.45) is 16.6 Å². The van der Waals surface area contributed by atoms with E-state index in [0.29, 0.717) is 6.04 Å². The first kappa shape index (κ1) is 19.6. The molecule has 5 rings (SSSR count). The lowest BCUT2D eigenvalue weighted by molar-refractivity contribution is -0.120. The van der Waals surface area contributed by atoms with Gasteiger partial charge < -0.3 is 20.7 Å². The van der Waals surface area contributed by atoms with E-state index >= 15 is 0 Å². The summed E-state index contributed by atoms with van der Waals surface area (Å²) in [6.07, 6.45) is 11.1. The van der Waals surface area contributed by atoms with Gasteiger partial charge in [-0.25, -0.2) is 0 Å². The highest BCUT2D eigenvalue weighted by Gasteiger charge is 2.39. The zero-order valence-electron chi connectivity index (χ0n) is 17.8. The average Bonchev–Trinajstić information content (AvgIpc) is 3.51. The standard InChI is InChI=1S/C24H32N4O2/c1-15-5-8-21-22(28(15)24(29)16-6-7-16)10-9-20(23(21)30-19-3-2-4-19)17(11-25)12-27-18-13-26-14-18/h9-12,15-16,18-19,26H,2-8,13-14,25H2,1H3/t15-/m0/s1. The van der Waals surface area contributed by atoms with Gasteiger partial charge in [-0.1, -0.05) is 0 Å². The maximum Gasteiger partial charge on any atom is 0.230 e. The molecular formula is C24H32N4O2. The molecule has 6 heteroatoms. The maximum absolute atomic E-state index is 13.1. The zero-order valence-corrected chi connectivity index (χ0v) is 17.8. The highest BCUT2D eigenvalue weighted by atomic mass is 16.5. The fourth-order valence-electron chi connectivity index (χ4n) is 4.45. The van der Waals surface area contributed by atoms with Gasteiger partial charge in [0.25, 0.3) is 0 Å². The number of hydrogen-bond donors (Lipinski definition) is 2. The van der Waals surface area contributed by atoms with Crippen molar-refractivity contribution in [2.75, 3.05) is 18.0 Å². The average molecular weight is 409 g/mol. The molecule has 0 unspecified atom stereocenters. The second-order valence-electron chi connectivity index (χ2n) is 9.19. The second-order valence-corrected chi connectivity index (χ2v) is 9.19. The summed E-state index contributed by atoms with van der Waals surface area (Å²) < 4.78 is 6.54. The molecular weight excluding hydrogens is 376 g/mol. The molecule has 1 aromatic carbocycles. The van der Waals surface area contributed by atoms with Crippen LogP contribution in [0.5, 0.6) is 5.75 Å². The Bertz CT molecular complexity index is 881. The van der Waals surface area contributed by atoms with Gasteiger partial charge in [0.05, 0.1) is 17.8 Å². The number of allylic oxidation sites excluding steroid dienone is 1. The van der Waals surface area contributed by atoms with Crippen molar-refractivity contribution in [2.45, 2.75) is 70.1 Å². The summed E-state index contributed by atoms with van der Waals surface area (Å²) in [5.74, 6) is 1.39. The van der Waals surface area contributed by atoms with Crippen molar-refractivity contribution in [1.29, 1.82) is 0 Å². The lowest BCUT2D eigenvalue weighted by Crippen LogP contribution is -2.45. The number of ether oxygens (including phenoxy) is 1. The van der Waals surface area contributed by atoms with E-state index in [1.807, 2.05) is 11.1 Å². The molecule has 1 amide bonds. The predicted octanol–water partition coefficient (Wildman–Crippen LogP) is 3.04.